The summed E-state index contributed by atoms with van der Waals surface area (Å²) in [4.78, 5) is 4.07. The predicted molar refractivity (Wildman–Crippen MR) is 70.4 cm³/mol. The van der Waals surface area contributed by atoms with Crippen LogP contribution >= 0.6 is 0 Å². The molecule has 0 bridgehead atoms. The molecule has 2 rings (SSSR count). The number of ether oxygens (including phenoxy) is 1. The molecule has 18 heavy (non-hydrogen) atoms. The van der Waals surface area contributed by atoms with Crippen molar-refractivity contribution in [2.24, 2.45) is 0 Å². The lowest BCUT2D eigenvalue weighted by molar-refractivity contribution is 0.275. The zero-order chi connectivity index (χ0) is 13.0. The molecule has 0 aliphatic heterocycles. The molecule has 1 aromatic carbocycles. The Kier molecular flexibility index (Phi) is 3.95. The van der Waals surface area contributed by atoms with Crippen molar-refractivity contribution in [2.45, 2.75) is 27.1 Å². The van der Waals surface area contributed by atoms with Crippen LogP contribution in [0, 0.1) is 13.8 Å². The van der Waals surface area contributed by atoms with Crippen molar-refractivity contribution >= 4 is 0 Å². The number of nitrogens with zero attached hydrogens (tertiary/aromatic N) is 1. The summed E-state index contributed by atoms with van der Waals surface area (Å²) in [5, 5.41) is 8.89. The molecule has 0 spiro atoms. The van der Waals surface area contributed by atoms with E-state index in [-0.39, 0.29) is 6.61 Å². The molecule has 0 saturated carbocycles. The Balaban J connectivity index is 2.01. The van der Waals surface area contributed by atoms with Gasteiger partial charge in [-0.15, -0.1) is 0 Å². The molecule has 0 aliphatic rings. The third-order valence-electron chi connectivity index (χ3n) is 2.65. The van der Waals surface area contributed by atoms with Crippen LogP contribution in [0.25, 0.3) is 0 Å². The Bertz CT molecular complexity index is 500. The number of aromatic nitrogens is 1. The second kappa shape index (κ2) is 5.65. The number of pyridine rings is 1. The van der Waals surface area contributed by atoms with Gasteiger partial charge in [-0.05, 0) is 31.5 Å². The van der Waals surface area contributed by atoms with Crippen LogP contribution in [0.4, 0.5) is 0 Å². The maximum atomic E-state index is 8.89. The molecule has 0 unspecified atom stereocenters. The Hall–Kier alpha value is -1.87. The first-order valence-corrected chi connectivity index (χ1v) is 5.93. The summed E-state index contributed by atoms with van der Waals surface area (Å²) >= 11 is 0. The normalized spacial score (nSPS) is 10.4. The van der Waals surface area contributed by atoms with E-state index >= 15 is 0 Å². The Labute approximate surface area is 107 Å². The molecule has 3 nitrogen and oxygen atoms in total. The summed E-state index contributed by atoms with van der Waals surface area (Å²) in [7, 11) is 0. The largest absolute Gasteiger partial charge is 0.487 e. The number of aliphatic hydroxyl groups is 1. The molecule has 0 saturated heterocycles. The molecule has 1 aromatic heterocycles. The molecule has 0 fully saturated rings. The van der Waals surface area contributed by atoms with Gasteiger partial charge in [-0.3, -0.25) is 4.98 Å². The summed E-state index contributed by atoms with van der Waals surface area (Å²) in [6.07, 6.45) is 1.63. The quantitative estimate of drug-likeness (QED) is 0.897. The minimum absolute atomic E-state index is 0.0443. The van der Waals surface area contributed by atoms with Gasteiger partial charge in [-0.1, -0.05) is 29.3 Å². The smallest absolute Gasteiger partial charge is 0.138 e. The van der Waals surface area contributed by atoms with Gasteiger partial charge in [0.25, 0.3) is 0 Å². The first-order chi connectivity index (χ1) is 8.67. The summed E-state index contributed by atoms with van der Waals surface area (Å²) in [6, 6.07) is 9.95. The Morgan fingerprint density at radius 3 is 2.39 bits per heavy atom. The monoisotopic (exact) mass is 243 g/mol. The number of benzene rings is 1. The topological polar surface area (TPSA) is 42.4 Å². The van der Waals surface area contributed by atoms with Crippen molar-refractivity contribution in [3.8, 4) is 5.75 Å². The van der Waals surface area contributed by atoms with Crippen molar-refractivity contribution in [3.05, 3.63) is 58.9 Å². The van der Waals surface area contributed by atoms with E-state index in [4.69, 9.17) is 9.84 Å². The lowest BCUT2D eigenvalue weighted by atomic mass is 10.1. The number of rotatable bonds is 4. The van der Waals surface area contributed by atoms with E-state index in [0.29, 0.717) is 18.1 Å². The summed E-state index contributed by atoms with van der Waals surface area (Å²) in [5.41, 5.74) is 4.28. The third kappa shape index (κ3) is 3.31. The zero-order valence-electron chi connectivity index (χ0n) is 10.7. The highest BCUT2D eigenvalue weighted by Crippen LogP contribution is 2.14. The molecular weight excluding hydrogens is 226 g/mol. The summed E-state index contributed by atoms with van der Waals surface area (Å²) in [6.45, 7) is 4.64. The van der Waals surface area contributed by atoms with Crippen LogP contribution in [-0.4, -0.2) is 10.1 Å². The zero-order valence-corrected chi connectivity index (χ0v) is 10.7. The van der Waals surface area contributed by atoms with Crippen LogP contribution in [-0.2, 0) is 13.2 Å². The number of hydrogen-bond donors (Lipinski definition) is 1. The van der Waals surface area contributed by atoms with E-state index < -0.39 is 0 Å². The lowest BCUT2D eigenvalue weighted by Gasteiger charge is -2.08. The molecule has 3 heteroatoms. The average Bonchev–Trinajstić information content (AvgIpc) is 2.36. The summed E-state index contributed by atoms with van der Waals surface area (Å²) < 4.78 is 5.66. The SMILES string of the molecule is Cc1cc(C)cc(COc2ccc(CO)nc2)c1. The number of hydrogen-bond acceptors (Lipinski definition) is 3. The van der Waals surface area contributed by atoms with Gasteiger partial charge in [0.1, 0.15) is 12.4 Å². The van der Waals surface area contributed by atoms with Gasteiger partial charge in [0.2, 0.25) is 0 Å². The highest BCUT2D eigenvalue weighted by atomic mass is 16.5. The van der Waals surface area contributed by atoms with E-state index in [1.165, 1.54) is 11.1 Å². The minimum atomic E-state index is -0.0443. The van der Waals surface area contributed by atoms with E-state index in [1.807, 2.05) is 6.07 Å². The van der Waals surface area contributed by atoms with Crippen LogP contribution in [0.5, 0.6) is 5.75 Å². The second-order valence-electron chi connectivity index (χ2n) is 4.43. The van der Waals surface area contributed by atoms with Gasteiger partial charge in [0, 0.05) is 0 Å². The van der Waals surface area contributed by atoms with Crippen LogP contribution in [0.15, 0.2) is 36.5 Å². The van der Waals surface area contributed by atoms with Crippen LogP contribution in [0.1, 0.15) is 22.4 Å². The minimum Gasteiger partial charge on any atom is -0.487 e. The molecule has 0 aliphatic carbocycles. The predicted octanol–water partition coefficient (Wildman–Crippen LogP) is 2.77. The molecule has 94 valence electrons. The Morgan fingerprint density at radius 1 is 1.11 bits per heavy atom. The van der Waals surface area contributed by atoms with Gasteiger partial charge in [0.15, 0.2) is 0 Å². The van der Waals surface area contributed by atoms with Crippen LogP contribution in [0.3, 0.4) is 0 Å². The maximum Gasteiger partial charge on any atom is 0.138 e. The van der Waals surface area contributed by atoms with E-state index in [1.54, 1.807) is 12.3 Å². The molecule has 1 heterocycles. The molecule has 0 amide bonds. The fourth-order valence-corrected chi connectivity index (χ4v) is 1.91. The van der Waals surface area contributed by atoms with Gasteiger partial charge >= 0.3 is 0 Å². The number of aliphatic hydroxyl groups excluding tert-OH is 1. The standard InChI is InChI=1S/C15H17NO2/c1-11-5-12(2)7-13(6-11)10-18-15-4-3-14(9-17)16-8-15/h3-8,17H,9-10H2,1-2H3. The van der Waals surface area contributed by atoms with Gasteiger partial charge < -0.3 is 9.84 Å². The van der Waals surface area contributed by atoms with E-state index in [9.17, 15) is 0 Å². The lowest BCUT2D eigenvalue weighted by Crippen LogP contribution is -1.98. The maximum absolute atomic E-state index is 8.89. The molecule has 2 aromatic rings. The first-order valence-electron chi connectivity index (χ1n) is 5.93. The van der Waals surface area contributed by atoms with Crippen molar-refractivity contribution < 1.29 is 9.84 Å². The van der Waals surface area contributed by atoms with E-state index in [0.717, 1.165) is 5.56 Å². The highest BCUT2D eigenvalue weighted by Gasteiger charge is 1.99. The first kappa shape index (κ1) is 12.6. The van der Waals surface area contributed by atoms with Gasteiger partial charge in [-0.25, -0.2) is 0 Å². The van der Waals surface area contributed by atoms with Crippen LogP contribution in [0.2, 0.25) is 0 Å². The fraction of sp³-hybridized carbons (Fsp3) is 0.267. The third-order valence-corrected chi connectivity index (χ3v) is 2.65. The van der Waals surface area contributed by atoms with Gasteiger partial charge in [0.05, 0.1) is 18.5 Å². The second-order valence-corrected chi connectivity index (χ2v) is 4.43. The van der Waals surface area contributed by atoms with Crippen molar-refractivity contribution in [1.82, 2.24) is 4.98 Å². The molecule has 0 radical (unpaired) electrons. The van der Waals surface area contributed by atoms with E-state index in [2.05, 4.69) is 37.0 Å². The molecule has 0 atom stereocenters. The highest BCUT2D eigenvalue weighted by molar-refractivity contribution is 5.28. The van der Waals surface area contributed by atoms with Crippen molar-refractivity contribution in [1.29, 1.82) is 0 Å². The summed E-state index contributed by atoms with van der Waals surface area (Å²) in [5.74, 6) is 0.714. The van der Waals surface area contributed by atoms with Crippen molar-refractivity contribution in [2.75, 3.05) is 0 Å². The average molecular weight is 243 g/mol. The van der Waals surface area contributed by atoms with Crippen LogP contribution < -0.4 is 4.74 Å². The molecular formula is C15H17NO2. The Morgan fingerprint density at radius 2 is 1.83 bits per heavy atom. The van der Waals surface area contributed by atoms with Gasteiger partial charge in [-0.2, -0.15) is 0 Å². The van der Waals surface area contributed by atoms with Crippen molar-refractivity contribution in [3.63, 3.8) is 0 Å². The fourth-order valence-electron chi connectivity index (χ4n) is 1.91. The number of aryl methyl sites for hydroxylation is 2. The molecule has 1 N–H and O–H groups in total.